The summed E-state index contributed by atoms with van der Waals surface area (Å²) < 4.78 is 25.7. The number of para-hydroxylation sites is 1. The van der Waals surface area contributed by atoms with Crippen molar-refractivity contribution < 1.29 is 13.2 Å². The van der Waals surface area contributed by atoms with Crippen LogP contribution < -0.4 is 4.90 Å². The van der Waals surface area contributed by atoms with Crippen LogP contribution in [0.25, 0.3) is 0 Å². The molecule has 1 amide bonds. The third kappa shape index (κ3) is 4.14. The van der Waals surface area contributed by atoms with Crippen LogP contribution in [0.5, 0.6) is 0 Å². The van der Waals surface area contributed by atoms with E-state index in [2.05, 4.69) is 0 Å². The van der Waals surface area contributed by atoms with Crippen LogP contribution in [0, 0.1) is 6.92 Å². The number of hydrogen-bond donors (Lipinski definition) is 0. The van der Waals surface area contributed by atoms with Crippen molar-refractivity contribution in [3.63, 3.8) is 0 Å². The Bertz CT molecular complexity index is 909. The molecule has 0 radical (unpaired) electrons. The first kappa shape index (κ1) is 18.6. The molecule has 0 saturated carbocycles. The molecule has 0 N–H and O–H groups in total. The molecule has 2 aromatic rings. The molecule has 138 valence electrons. The van der Waals surface area contributed by atoms with Crippen molar-refractivity contribution in [1.82, 2.24) is 4.31 Å². The SMILES string of the molecule is Cc1ccccc1CN(CCC(=O)N1CCc2ccccc21)S(C)(=O)=O. The van der Waals surface area contributed by atoms with Crippen LogP contribution in [0.4, 0.5) is 5.69 Å². The van der Waals surface area contributed by atoms with Crippen LogP contribution in [0.15, 0.2) is 48.5 Å². The highest BCUT2D eigenvalue weighted by Gasteiger charge is 2.26. The number of amides is 1. The zero-order chi connectivity index (χ0) is 18.7. The fourth-order valence-corrected chi connectivity index (χ4v) is 4.09. The average Bonchev–Trinajstić information content (AvgIpc) is 3.03. The zero-order valence-electron chi connectivity index (χ0n) is 15.2. The van der Waals surface area contributed by atoms with Gasteiger partial charge in [-0.3, -0.25) is 4.79 Å². The van der Waals surface area contributed by atoms with Gasteiger partial charge in [-0.15, -0.1) is 0 Å². The third-order valence-corrected chi connectivity index (χ3v) is 6.09. The van der Waals surface area contributed by atoms with E-state index in [9.17, 15) is 13.2 Å². The number of rotatable bonds is 6. The molecule has 0 aromatic heterocycles. The van der Waals surface area contributed by atoms with E-state index >= 15 is 0 Å². The van der Waals surface area contributed by atoms with Crippen LogP contribution in [-0.2, 0) is 27.8 Å². The maximum atomic E-state index is 12.7. The van der Waals surface area contributed by atoms with Crippen molar-refractivity contribution in [2.75, 3.05) is 24.2 Å². The van der Waals surface area contributed by atoms with Gasteiger partial charge in [0.05, 0.1) is 6.26 Å². The Labute approximate surface area is 155 Å². The summed E-state index contributed by atoms with van der Waals surface area (Å²) in [5, 5.41) is 0. The van der Waals surface area contributed by atoms with Gasteiger partial charge in [0.25, 0.3) is 0 Å². The Morgan fingerprint density at radius 1 is 1.12 bits per heavy atom. The molecule has 26 heavy (non-hydrogen) atoms. The third-order valence-electron chi connectivity index (χ3n) is 4.84. The van der Waals surface area contributed by atoms with E-state index in [-0.39, 0.29) is 25.4 Å². The van der Waals surface area contributed by atoms with Gasteiger partial charge in [0.15, 0.2) is 0 Å². The van der Waals surface area contributed by atoms with E-state index < -0.39 is 10.0 Å². The molecule has 3 rings (SSSR count). The van der Waals surface area contributed by atoms with Crippen molar-refractivity contribution in [1.29, 1.82) is 0 Å². The van der Waals surface area contributed by atoms with Gasteiger partial charge in [-0.05, 0) is 36.1 Å². The van der Waals surface area contributed by atoms with Gasteiger partial charge in [0, 0.05) is 31.7 Å². The summed E-state index contributed by atoms with van der Waals surface area (Å²) in [6.07, 6.45) is 2.22. The van der Waals surface area contributed by atoms with Crippen LogP contribution >= 0.6 is 0 Å². The summed E-state index contributed by atoms with van der Waals surface area (Å²) in [4.78, 5) is 14.4. The Morgan fingerprint density at radius 2 is 1.81 bits per heavy atom. The number of carbonyl (C=O) groups is 1. The topological polar surface area (TPSA) is 57.7 Å². The fourth-order valence-electron chi connectivity index (χ4n) is 3.29. The van der Waals surface area contributed by atoms with Crippen molar-refractivity contribution in [2.45, 2.75) is 26.3 Å². The summed E-state index contributed by atoms with van der Waals surface area (Å²) in [5.41, 5.74) is 4.11. The lowest BCUT2D eigenvalue weighted by Gasteiger charge is -2.23. The van der Waals surface area contributed by atoms with Gasteiger partial charge in [-0.25, -0.2) is 8.42 Å². The second-order valence-electron chi connectivity index (χ2n) is 6.70. The molecule has 6 heteroatoms. The molecule has 0 fully saturated rings. The predicted molar refractivity (Wildman–Crippen MR) is 104 cm³/mol. The second kappa shape index (κ2) is 7.60. The van der Waals surface area contributed by atoms with E-state index in [0.29, 0.717) is 6.54 Å². The van der Waals surface area contributed by atoms with Crippen molar-refractivity contribution >= 4 is 21.6 Å². The molecule has 0 bridgehead atoms. The van der Waals surface area contributed by atoms with Crippen LogP contribution in [0.2, 0.25) is 0 Å². The summed E-state index contributed by atoms with van der Waals surface area (Å²) in [5.74, 6) is -0.0339. The first-order valence-electron chi connectivity index (χ1n) is 8.74. The summed E-state index contributed by atoms with van der Waals surface area (Å²) in [6, 6.07) is 15.6. The maximum absolute atomic E-state index is 12.7. The Balaban J connectivity index is 1.69. The molecule has 1 heterocycles. The first-order chi connectivity index (χ1) is 12.4. The molecule has 0 saturated heterocycles. The summed E-state index contributed by atoms with van der Waals surface area (Å²) >= 11 is 0. The minimum atomic E-state index is -3.40. The standard InChI is InChI=1S/C20H24N2O3S/c1-16-7-3-4-9-18(16)15-21(26(2,24)25)13-12-20(23)22-14-11-17-8-5-6-10-19(17)22/h3-10H,11-15H2,1-2H3. The fraction of sp³-hybridized carbons (Fsp3) is 0.350. The van der Waals surface area contributed by atoms with Gasteiger partial charge >= 0.3 is 0 Å². The minimum absolute atomic E-state index is 0.0339. The number of carbonyl (C=O) groups excluding carboxylic acids is 1. The smallest absolute Gasteiger partial charge is 0.228 e. The molecule has 0 unspecified atom stereocenters. The lowest BCUT2D eigenvalue weighted by Crippen LogP contribution is -2.36. The molecule has 1 aliphatic rings. The Kier molecular flexibility index (Phi) is 5.44. The van der Waals surface area contributed by atoms with Gasteiger partial charge in [-0.2, -0.15) is 4.31 Å². The van der Waals surface area contributed by atoms with E-state index in [1.807, 2.05) is 55.5 Å². The van der Waals surface area contributed by atoms with Gasteiger partial charge in [0.2, 0.25) is 15.9 Å². The van der Waals surface area contributed by atoms with E-state index in [4.69, 9.17) is 0 Å². The minimum Gasteiger partial charge on any atom is -0.312 e. The quantitative estimate of drug-likeness (QED) is 0.783. The number of aryl methyl sites for hydroxylation is 1. The van der Waals surface area contributed by atoms with Crippen LogP contribution in [0.1, 0.15) is 23.1 Å². The number of anilines is 1. The molecular formula is C20H24N2O3S. The first-order valence-corrected chi connectivity index (χ1v) is 10.6. The zero-order valence-corrected chi connectivity index (χ0v) is 16.0. The van der Waals surface area contributed by atoms with Crippen molar-refractivity contribution in [3.8, 4) is 0 Å². The monoisotopic (exact) mass is 372 g/mol. The van der Waals surface area contributed by atoms with Crippen LogP contribution in [0.3, 0.4) is 0 Å². The predicted octanol–water partition coefficient (Wildman–Crippen LogP) is 2.74. The number of nitrogens with zero attached hydrogens (tertiary/aromatic N) is 2. The van der Waals surface area contributed by atoms with Crippen molar-refractivity contribution in [2.24, 2.45) is 0 Å². The average molecular weight is 372 g/mol. The lowest BCUT2D eigenvalue weighted by molar-refractivity contribution is -0.118. The molecule has 2 aromatic carbocycles. The van der Waals surface area contributed by atoms with E-state index in [0.717, 1.165) is 23.2 Å². The number of sulfonamides is 1. The van der Waals surface area contributed by atoms with E-state index in [1.165, 1.54) is 16.1 Å². The molecular weight excluding hydrogens is 348 g/mol. The largest absolute Gasteiger partial charge is 0.312 e. The molecule has 0 aliphatic carbocycles. The van der Waals surface area contributed by atoms with Gasteiger partial charge in [-0.1, -0.05) is 42.5 Å². The molecule has 0 spiro atoms. The highest BCUT2D eigenvalue weighted by atomic mass is 32.2. The number of fused-ring (bicyclic) bond motifs is 1. The van der Waals surface area contributed by atoms with Gasteiger partial charge in [0.1, 0.15) is 0 Å². The van der Waals surface area contributed by atoms with Crippen molar-refractivity contribution in [3.05, 3.63) is 65.2 Å². The normalized spacial score (nSPS) is 13.9. The van der Waals surface area contributed by atoms with Gasteiger partial charge < -0.3 is 4.90 Å². The number of benzene rings is 2. The maximum Gasteiger partial charge on any atom is 0.228 e. The highest BCUT2D eigenvalue weighted by molar-refractivity contribution is 7.88. The molecule has 1 aliphatic heterocycles. The van der Waals surface area contributed by atoms with E-state index in [1.54, 1.807) is 4.90 Å². The molecule has 0 atom stereocenters. The second-order valence-corrected chi connectivity index (χ2v) is 8.68. The number of hydrogen-bond acceptors (Lipinski definition) is 3. The highest BCUT2D eigenvalue weighted by Crippen LogP contribution is 2.28. The Hall–Kier alpha value is -2.18. The van der Waals surface area contributed by atoms with Crippen LogP contribution in [-0.4, -0.2) is 38.0 Å². The lowest BCUT2D eigenvalue weighted by atomic mass is 10.1. The Morgan fingerprint density at radius 3 is 2.54 bits per heavy atom. The summed E-state index contributed by atoms with van der Waals surface area (Å²) in [7, 11) is -3.40. The molecule has 5 nitrogen and oxygen atoms in total. The summed E-state index contributed by atoms with van der Waals surface area (Å²) in [6.45, 7) is 3.09.